The molecule has 1 saturated heterocycles. The lowest BCUT2D eigenvalue weighted by molar-refractivity contribution is -0.00461. The molecule has 84 valence electrons. The van der Waals surface area contributed by atoms with Gasteiger partial charge in [-0.05, 0) is 6.26 Å². The van der Waals surface area contributed by atoms with E-state index in [0.717, 1.165) is 18.3 Å². The van der Waals surface area contributed by atoms with Crippen molar-refractivity contribution in [1.82, 2.24) is 4.90 Å². The van der Waals surface area contributed by atoms with Gasteiger partial charge in [0.05, 0.1) is 0 Å². The van der Waals surface area contributed by atoms with E-state index >= 15 is 0 Å². The number of nitrogens with zero attached hydrogens (tertiary/aromatic N) is 3. The van der Waals surface area contributed by atoms with E-state index in [1.54, 1.807) is 20.4 Å². The summed E-state index contributed by atoms with van der Waals surface area (Å²) in [5.41, 5.74) is 0. The van der Waals surface area contributed by atoms with Gasteiger partial charge in [-0.2, -0.15) is 5.26 Å². The van der Waals surface area contributed by atoms with Crippen LogP contribution >= 0.6 is 11.8 Å². The van der Waals surface area contributed by atoms with Crippen LogP contribution in [0, 0.1) is 11.5 Å². The lowest BCUT2D eigenvalue weighted by atomic mass is 10.3. The van der Waals surface area contributed by atoms with Crippen LogP contribution < -0.4 is 0 Å². The molecule has 5 nitrogen and oxygen atoms in total. The van der Waals surface area contributed by atoms with Crippen LogP contribution in [0.25, 0.3) is 0 Å². The fourth-order valence-electron chi connectivity index (χ4n) is 1.64. The van der Waals surface area contributed by atoms with Gasteiger partial charge in [0.25, 0.3) is 0 Å². The van der Waals surface area contributed by atoms with E-state index in [1.165, 1.54) is 11.8 Å². The van der Waals surface area contributed by atoms with Gasteiger partial charge in [0, 0.05) is 27.3 Å². The molecule has 0 N–H and O–H groups in total. The Bertz CT molecular complexity index is 265. The van der Waals surface area contributed by atoms with Gasteiger partial charge in [-0.15, -0.1) is 4.99 Å². The summed E-state index contributed by atoms with van der Waals surface area (Å²) in [7, 11) is 3.33. The fraction of sp³-hybridized carbons (Fsp3) is 0.778. The molecule has 1 heterocycles. The molecular weight excluding hydrogens is 214 g/mol. The number of hydrogen-bond acceptors (Lipinski definition) is 5. The smallest absolute Gasteiger partial charge is 0.208 e. The minimum atomic E-state index is 0.0473. The number of likely N-dealkylation sites (tertiary alicyclic amines) is 1. The van der Waals surface area contributed by atoms with Crippen LogP contribution in [0.2, 0.25) is 0 Å². The minimum absolute atomic E-state index is 0.0473. The van der Waals surface area contributed by atoms with Crippen molar-refractivity contribution in [1.29, 1.82) is 5.26 Å². The molecule has 1 aliphatic heterocycles. The fourth-order valence-corrected chi connectivity index (χ4v) is 2.18. The first kappa shape index (κ1) is 12.3. The van der Waals surface area contributed by atoms with E-state index < -0.39 is 0 Å². The van der Waals surface area contributed by atoms with Crippen molar-refractivity contribution in [3.63, 3.8) is 0 Å². The van der Waals surface area contributed by atoms with E-state index in [4.69, 9.17) is 14.7 Å². The highest BCUT2D eigenvalue weighted by Gasteiger charge is 2.34. The summed E-state index contributed by atoms with van der Waals surface area (Å²) in [4.78, 5) is 5.77. The molecule has 0 bridgehead atoms. The maximum Gasteiger partial charge on any atom is 0.208 e. The van der Waals surface area contributed by atoms with Crippen molar-refractivity contribution >= 4 is 16.9 Å². The highest BCUT2D eigenvalue weighted by molar-refractivity contribution is 8.13. The molecular formula is C9H15N3O2S. The van der Waals surface area contributed by atoms with Crippen LogP contribution in [0.4, 0.5) is 0 Å². The second-order valence-electron chi connectivity index (χ2n) is 3.15. The van der Waals surface area contributed by atoms with Crippen LogP contribution in [0.15, 0.2) is 4.99 Å². The second kappa shape index (κ2) is 5.95. The molecule has 0 aromatic rings. The number of rotatable bonds is 2. The third-order valence-electron chi connectivity index (χ3n) is 2.42. The van der Waals surface area contributed by atoms with Crippen molar-refractivity contribution in [3.05, 3.63) is 0 Å². The first-order chi connectivity index (χ1) is 7.26. The van der Waals surface area contributed by atoms with Crippen molar-refractivity contribution in [2.24, 2.45) is 4.99 Å². The standard InChI is InChI=1S/C9H15N3O2S/c1-13-7-4-12(5-8(7)14-2)9(15-3)11-6-10/h7-8H,4-5H2,1-3H3. The first-order valence-electron chi connectivity index (χ1n) is 4.58. The van der Waals surface area contributed by atoms with Crippen LogP contribution in [-0.4, -0.2) is 55.8 Å². The molecule has 0 saturated carbocycles. The lowest BCUT2D eigenvalue weighted by Crippen LogP contribution is -2.27. The van der Waals surface area contributed by atoms with E-state index in [9.17, 15) is 0 Å². The summed E-state index contributed by atoms with van der Waals surface area (Å²) in [5, 5.41) is 9.26. The summed E-state index contributed by atoms with van der Waals surface area (Å²) in [6.07, 6.45) is 3.80. The van der Waals surface area contributed by atoms with Gasteiger partial charge >= 0.3 is 0 Å². The molecule has 0 aliphatic carbocycles. The second-order valence-corrected chi connectivity index (χ2v) is 3.93. The Balaban J connectivity index is 2.68. The lowest BCUT2D eigenvalue weighted by Gasteiger charge is -2.16. The molecule has 1 rings (SSSR count). The normalized spacial score (nSPS) is 26.8. The quantitative estimate of drug-likeness (QED) is 0.393. The number of methoxy groups -OCH3 is 2. The number of hydrogen-bond donors (Lipinski definition) is 0. The number of thioether (sulfide) groups is 1. The Morgan fingerprint density at radius 2 is 1.93 bits per heavy atom. The summed E-state index contributed by atoms with van der Waals surface area (Å²) in [5.74, 6) is 0. The molecule has 0 spiro atoms. The van der Waals surface area contributed by atoms with Gasteiger partial charge < -0.3 is 14.4 Å². The van der Waals surface area contributed by atoms with Gasteiger partial charge in [0.1, 0.15) is 12.2 Å². The van der Waals surface area contributed by atoms with Crippen LogP contribution in [0.3, 0.4) is 0 Å². The van der Waals surface area contributed by atoms with E-state index in [1.807, 2.05) is 11.2 Å². The molecule has 1 fully saturated rings. The Kier molecular flexibility index (Phi) is 4.88. The topological polar surface area (TPSA) is 57.8 Å². The van der Waals surface area contributed by atoms with E-state index in [2.05, 4.69) is 4.99 Å². The Hall–Kier alpha value is -0.770. The zero-order valence-corrected chi connectivity index (χ0v) is 9.95. The van der Waals surface area contributed by atoms with Gasteiger partial charge in [0.2, 0.25) is 6.19 Å². The number of ether oxygens (including phenoxy) is 2. The molecule has 0 aromatic carbocycles. The maximum absolute atomic E-state index is 8.53. The largest absolute Gasteiger partial charge is 0.377 e. The van der Waals surface area contributed by atoms with E-state index in [0.29, 0.717) is 0 Å². The first-order valence-corrected chi connectivity index (χ1v) is 5.80. The summed E-state index contributed by atoms with van der Waals surface area (Å²) >= 11 is 1.46. The molecule has 0 amide bonds. The van der Waals surface area contributed by atoms with Gasteiger partial charge in [-0.25, -0.2) is 0 Å². The predicted molar refractivity (Wildman–Crippen MR) is 59.7 cm³/mol. The highest BCUT2D eigenvalue weighted by Crippen LogP contribution is 2.19. The average molecular weight is 229 g/mol. The van der Waals surface area contributed by atoms with Gasteiger partial charge in [-0.3, -0.25) is 0 Å². The molecule has 15 heavy (non-hydrogen) atoms. The third-order valence-corrected chi connectivity index (χ3v) is 3.13. The molecule has 0 aromatic heterocycles. The SMILES string of the molecule is COC1CN(C(=NC#N)SC)CC1OC. The zero-order chi connectivity index (χ0) is 11.3. The van der Waals surface area contributed by atoms with Crippen molar-refractivity contribution in [2.75, 3.05) is 33.6 Å². The molecule has 1 aliphatic rings. The Morgan fingerprint density at radius 1 is 1.40 bits per heavy atom. The van der Waals surface area contributed by atoms with Crippen molar-refractivity contribution in [2.45, 2.75) is 12.2 Å². The molecule has 6 heteroatoms. The summed E-state index contributed by atoms with van der Waals surface area (Å²) < 4.78 is 10.6. The zero-order valence-electron chi connectivity index (χ0n) is 9.14. The number of aliphatic imine (C=N–C) groups is 1. The summed E-state index contributed by atoms with van der Waals surface area (Å²) in [6, 6.07) is 0. The number of amidine groups is 1. The molecule has 2 unspecified atom stereocenters. The Labute approximate surface area is 94.1 Å². The minimum Gasteiger partial charge on any atom is -0.377 e. The predicted octanol–water partition coefficient (Wildman–Crippen LogP) is 0.532. The monoisotopic (exact) mass is 229 g/mol. The molecule has 0 radical (unpaired) electrons. The van der Waals surface area contributed by atoms with Gasteiger partial charge in [-0.1, -0.05) is 11.8 Å². The van der Waals surface area contributed by atoms with Gasteiger partial charge in [0.15, 0.2) is 5.17 Å². The van der Waals surface area contributed by atoms with Crippen LogP contribution in [-0.2, 0) is 9.47 Å². The number of nitriles is 1. The van der Waals surface area contributed by atoms with Crippen LogP contribution in [0.5, 0.6) is 0 Å². The van der Waals surface area contributed by atoms with Crippen molar-refractivity contribution in [3.8, 4) is 6.19 Å². The Morgan fingerprint density at radius 3 is 2.27 bits per heavy atom. The van der Waals surface area contributed by atoms with Crippen LogP contribution in [0.1, 0.15) is 0 Å². The van der Waals surface area contributed by atoms with Crippen molar-refractivity contribution < 1.29 is 9.47 Å². The van der Waals surface area contributed by atoms with E-state index in [-0.39, 0.29) is 12.2 Å². The summed E-state index contributed by atoms with van der Waals surface area (Å²) in [6.45, 7) is 1.44. The third kappa shape index (κ3) is 2.84. The molecule has 2 atom stereocenters. The maximum atomic E-state index is 8.53. The highest BCUT2D eigenvalue weighted by atomic mass is 32.2. The average Bonchev–Trinajstić information content (AvgIpc) is 2.68.